The predicted octanol–water partition coefficient (Wildman–Crippen LogP) is 1.63. The van der Waals surface area contributed by atoms with Crippen LogP contribution in [0.5, 0.6) is 5.75 Å². The topological polar surface area (TPSA) is 75.3 Å². The minimum atomic E-state index is -1.11. The highest BCUT2D eigenvalue weighted by Crippen LogP contribution is 2.24. The zero-order chi connectivity index (χ0) is 12.6. The molecule has 0 radical (unpaired) electrons. The van der Waals surface area contributed by atoms with Crippen LogP contribution in [-0.4, -0.2) is 26.0 Å². The molecule has 0 unspecified atom stereocenters. The van der Waals surface area contributed by atoms with E-state index in [0.717, 1.165) is 6.07 Å². The van der Waals surface area contributed by atoms with Crippen LogP contribution in [0.2, 0.25) is 0 Å². The van der Waals surface area contributed by atoms with Crippen LogP contribution in [0.25, 0.3) is 11.3 Å². The van der Waals surface area contributed by atoms with Crippen LogP contribution in [0.1, 0.15) is 10.5 Å². The lowest BCUT2D eigenvalue weighted by Crippen LogP contribution is -2.04. The van der Waals surface area contributed by atoms with E-state index in [4.69, 9.17) is 10.2 Å². The summed E-state index contributed by atoms with van der Waals surface area (Å²) in [6.45, 7) is 0. The minimum absolute atomic E-state index is 0.00785. The van der Waals surface area contributed by atoms with E-state index in [1.807, 2.05) is 0 Å². The number of phenolic OH excluding ortho intramolecular Hbond substituents is 1. The van der Waals surface area contributed by atoms with Gasteiger partial charge in [0.1, 0.15) is 5.69 Å². The number of benzene rings is 1. The molecule has 0 fully saturated rings. The maximum absolute atomic E-state index is 13.1. The van der Waals surface area contributed by atoms with E-state index in [9.17, 15) is 9.18 Å². The van der Waals surface area contributed by atoms with Gasteiger partial charge in [0, 0.05) is 12.6 Å². The summed E-state index contributed by atoms with van der Waals surface area (Å²) in [4.78, 5) is 10.8. The second-order valence-corrected chi connectivity index (χ2v) is 3.51. The van der Waals surface area contributed by atoms with E-state index in [2.05, 4.69) is 5.10 Å². The Morgan fingerprint density at radius 2 is 2.12 bits per heavy atom. The quantitative estimate of drug-likeness (QED) is 0.830. The second-order valence-electron chi connectivity index (χ2n) is 3.51. The van der Waals surface area contributed by atoms with Gasteiger partial charge in [-0.15, -0.1) is 0 Å². The van der Waals surface area contributed by atoms with E-state index in [0.29, 0.717) is 11.3 Å². The number of carbonyl (C=O) groups is 1. The zero-order valence-corrected chi connectivity index (χ0v) is 8.88. The monoisotopic (exact) mass is 236 g/mol. The van der Waals surface area contributed by atoms with Gasteiger partial charge in [-0.3, -0.25) is 4.68 Å². The SMILES string of the molecule is Cn1nc(-c2ccc(O)c(F)c2)cc1C(=O)O. The number of nitrogens with zero attached hydrogens (tertiary/aromatic N) is 2. The lowest BCUT2D eigenvalue weighted by atomic mass is 10.1. The molecule has 1 aromatic heterocycles. The average molecular weight is 236 g/mol. The highest BCUT2D eigenvalue weighted by Gasteiger charge is 2.13. The summed E-state index contributed by atoms with van der Waals surface area (Å²) in [6, 6.07) is 5.10. The van der Waals surface area contributed by atoms with Crippen molar-refractivity contribution in [2.24, 2.45) is 7.05 Å². The van der Waals surface area contributed by atoms with Crippen LogP contribution in [-0.2, 0) is 7.05 Å². The third-order valence-corrected chi connectivity index (χ3v) is 2.34. The Labute approximate surface area is 95.7 Å². The molecule has 5 nitrogen and oxygen atoms in total. The van der Waals surface area contributed by atoms with E-state index in [1.165, 1.54) is 29.9 Å². The molecule has 0 aliphatic heterocycles. The molecule has 0 aliphatic carbocycles. The summed E-state index contributed by atoms with van der Waals surface area (Å²) >= 11 is 0. The van der Waals surface area contributed by atoms with Gasteiger partial charge in [-0.25, -0.2) is 9.18 Å². The summed E-state index contributed by atoms with van der Waals surface area (Å²) in [5.41, 5.74) is 0.751. The number of hydrogen-bond donors (Lipinski definition) is 2. The smallest absolute Gasteiger partial charge is 0.354 e. The van der Waals surface area contributed by atoms with Gasteiger partial charge in [-0.05, 0) is 24.3 Å². The molecule has 0 amide bonds. The first-order chi connectivity index (χ1) is 7.99. The number of phenols is 1. The van der Waals surface area contributed by atoms with Crippen molar-refractivity contribution in [2.75, 3.05) is 0 Å². The number of aromatic nitrogens is 2. The van der Waals surface area contributed by atoms with Crippen LogP contribution in [0, 0.1) is 5.82 Å². The molecule has 0 spiro atoms. The molecule has 2 rings (SSSR count). The Balaban J connectivity index is 2.50. The van der Waals surface area contributed by atoms with Crippen molar-refractivity contribution in [1.29, 1.82) is 0 Å². The number of carboxylic acids is 1. The first-order valence-corrected chi connectivity index (χ1v) is 4.75. The van der Waals surface area contributed by atoms with Crippen molar-refractivity contribution in [2.45, 2.75) is 0 Å². The van der Waals surface area contributed by atoms with E-state index in [1.54, 1.807) is 0 Å². The molecule has 2 aromatic rings. The number of halogens is 1. The van der Waals surface area contributed by atoms with Crippen LogP contribution < -0.4 is 0 Å². The normalized spacial score (nSPS) is 10.5. The van der Waals surface area contributed by atoms with Crippen molar-refractivity contribution in [1.82, 2.24) is 9.78 Å². The molecule has 1 aromatic carbocycles. The Morgan fingerprint density at radius 3 is 2.65 bits per heavy atom. The van der Waals surface area contributed by atoms with E-state index < -0.39 is 17.5 Å². The van der Waals surface area contributed by atoms with Crippen molar-refractivity contribution < 1.29 is 19.4 Å². The molecule has 0 saturated heterocycles. The van der Waals surface area contributed by atoms with Crippen LogP contribution in [0.4, 0.5) is 4.39 Å². The average Bonchev–Trinajstić information content (AvgIpc) is 2.64. The summed E-state index contributed by atoms with van der Waals surface area (Å²) in [5.74, 6) is -2.33. The molecule has 0 aliphatic rings. The number of aromatic hydroxyl groups is 1. The predicted molar refractivity (Wildman–Crippen MR) is 57.2 cm³/mol. The van der Waals surface area contributed by atoms with E-state index in [-0.39, 0.29) is 5.69 Å². The van der Waals surface area contributed by atoms with Gasteiger partial charge in [0.05, 0.1) is 5.69 Å². The van der Waals surface area contributed by atoms with Crippen molar-refractivity contribution in [3.63, 3.8) is 0 Å². The fraction of sp³-hybridized carbons (Fsp3) is 0.0909. The molecule has 0 saturated carbocycles. The third kappa shape index (κ3) is 1.96. The van der Waals surface area contributed by atoms with Crippen molar-refractivity contribution >= 4 is 5.97 Å². The minimum Gasteiger partial charge on any atom is -0.505 e. The Hall–Kier alpha value is -2.37. The molecule has 88 valence electrons. The lowest BCUT2D eigenvalue weighted by Gasteiger charge is -1.98. The first kappa shape index (κ1) is 11.1. The van der Waals surface area contributed by atoms with Crippen LogP contribution in [0.3, 0.4) is 0 Å². The Morgan fingerprint density at radius 1 is 1.41 bits per heavy atom. The van der Waals surface area contributed by atoms with Crippen LogP contribution in [0.15, 0.2) is 24.3 Å². The van der Waals surface area contributed by atoms with Gasteiger partial charge in [-0.1, -0.05) is 0 Å². The molecule has 0 bridgehead atoms. The van der Waals surface area contributed by atoms with E-state index >= 15 is 0 Å². The first-order valence-electron chi connectivity index (χ1n) is 4.75. The lowest BCUT2D eigenvalue weighted by molar-refractivity contribution is 0.0685. The number of rotatable bonds is 2. The van der Waals surface area contributed by atoms with Gasteiger partial charge in [0.25, 0.3) is 0 Å². The highest BCUT2D eigenvalue weighted by atomic mass is 19.1. The zero-order valence-electron chi connectivity index (χ0n) is 8.88. The Kier molecular flexibility index (Phi) is 2.55. The van der Waals surface area contributed by atoms with Gasteiger partial charge < -0.3 is 10.2 Å². The number of aromatic carboxylic acids is 1. The third-order valence-electron chi connectivity index (χ3n) is 2.34. The molecular weight excluding hydrogens is 227 g/mol. The fourth-order valence-corrected chi connectivity index (χ4v) is 1.47. The van der Waals surface area contributed by atoms with Crippen molar-refractivity contribution in [3.8, 4) is 17.0 Å². The number of carboxylic acid groups (broad SMARTS) is 1. The molecule has 1 heterocycles. The summed E-state index contributed by atoms with van der Waals surface area (Å²) in [5, 5.41) is 21.9. The molecule has 17 heavy (non-hydrogen) atoms. The molecule has 2 N–H and O–H groups in total. The molecule has 0 atom stereocenters. The summed E-state index contributed by atoms with van der Waals surface area (Å²) in [6.07, 6.45) is 0. The van der Waals surface area contributed by atoms with Gasteiger partial charge in [0.15, 0.2) is 11.6 Å². The highest BCUT2D eigenvalue weighted by molar-refractivity contribution is 5.87. The van der Waals surface area contributed by atoms with Gasteiger partial charge >= 0.3 is 5.97 Å². The maximum Gasteiger partial charge on any atom is 0.354 e. The fourth-order valence-electron chi connectivity index (χ4n) is 1.47. The maximum atomic E-state index is 13.1. The van der Waals surface area contributed by atoms with Crippen molar-refractivity contribution in [3.05, 3.63) is 35.8 Å². The van der Waals surface area contributed by atoms with Crippen LogP contribution >= 0.6 is 0 Å². The second kappa shape index (κ2) is 3.89. The standard InChI is InChI=1S/C11H9FN2O3/c1-14-9(11(16)17)5-8(13-14)6-2-3-10(15)7(12)4-6/h2-5,15H,1H3,(H,16,17). The number of hydrogen-bond acceptors (Lipinski definition) is 3. The largest absolute Gasteiger partial charge is 0.505 e. The molecular formula is C11H9FN2O3. The van der Waals surface area contributed by atoms with Gasteiger partial charge in [0.2, 0.25) is 0 Å². The number of aryl methyl sites for hydroxylation is 1. The Bertz CT molecular complexity index is 592. The molecule has 6 heteroatoms. The summed E-state index contributed by atoms with van der Waals surface area (Å²) in [7, 11) is 1.49. The summed E-state index contributed by atoms with van der Waals surface area (Å²) < 4.78 is 14.3. The van der Waals surface area contributed by atoms with Gasteiger partial charge in [-0.2, -0.15) is 5.10 Å².